The van der Waals surface area contributed by atoms with E-state index < -0.39 is 0 Å². The molecule has 0 fully saturated rings. The van der Waals surface area contributed by atoms with E-state index in [1.54, 1.807) is 19.2 Å². The van der Waals surface area contributed by atoms with Gasteiger partial charge in [-0.2, -0.15) is 4.98 Å². The molecule has 0 spiro atoms. The van der Waals surface area contributed by atoms with Crippen LogP contribution in [0.15, 0.2) is 47.0 Å². The Morgan fingerprint density at radius 2 is 1.93 bits per heavy atom. The number of benzene rings is 2. The Balaban J connectivity index is 1.45. The molecule has 3 aromatic rings. The molecule has 6 nitrogen and oxygen atoms in total. The third-order valence-corrected chi connectivity index (χ3v) is 4.70. The number of hydrogen-bond acceptors (Lipinski definition) is 5. The van der Waals surface area contributed by atoms with E-state index in [1.807, 2.05) is 30.3 Å². The number of aryl methyl sites for hydroxylation is 1. The van der Waals surface area contributed by atoms with Crippen molar-refractivity contribution >= 4 is 29.1 Å². The van der Waals surface area contributed by atoms with Gasteiger partial charge in [-0.3, -0.25) is 4.79 Å². The van der Waals surface area contributed by atoms with Gasteiger partial charge in [0.2, 0.25) is 17.6 Å². The number of carbonyl (C=O) groups is 1. The fourth-order valence-corrected chi connectivity index (χ4v) is 3.09. The minimum absolute atomic E-state index is 0.0886. The number of carbonyl (C=O) groups excluding carboxylic acids is 1. The van der Waals surface area contributed by atoms with Crippen molar-refractivity contribution in [1.82, 2.24) is 15.5 Å². The maximum atomic E-state index is 12.0. The van der Waals surface area contributed by atoms with Crippen molar-refractivity contribution in [3.63, 3.8) is 0 Å². The molecule has 1 heterocycles. The molecule has 0 saturated carbocycles. The quantitative estimate of drug-likeness (QED) is 0.587. The van der Waals surface area contributed by atoms with Gasteiger partial charge in [0.25, 0.3) is 0 Å². The van der Waals surface area contributed by atoms with Crippen molar-refractivity contribution in [3.8, 4) is 17.1 Å². The Kier molecular flexibility index (Phi) is 6.90. The van der Waals surface area contributed by atoms with Crippen molar-refractivity contribution in [2.75, 3.05) is 13.7 Å². The van der Waals surface area contributed by atoms with Gasteiger partial charge in [0, 0.05) is 35.0 Å². The van der Waals surface area contributed by atoms with Crippen LogP contribution in [-0.2, 0) is 17.6 Å². The summed E-state index contributed by atoms with van der Waals surface area (Å²) in [5.74, 6) is 1.57. The van der Waals surface area contributed by atoms with Crippen molar-refractivity contribution < 1.29 is 14.1 Å². The van der Waals surface area contributed by atoms with Gasteiger partial charge in [0.15, 0.2) is 0 Å². The number of hydrogen-bond donors (Lipinski definition) is 1. The molecule has 0 atom stereocenters. The monoisotopic (exact) mass is 419 g/mol. The average Bonchev–Trinajstić information content (AvgIpc) is 3.17. The number of methoxy groups -OCH3 is 1. The predicted molar refractivity (Wildman–Crippen MR) is 108 cm³/mol. The Morgan fingerprint density at radius 3 is 2.64 bits per heavy atom. The zero-order valence-corrected chi connectivity index (χ0v) is 16.8. The van der Waals surface area contributed by atoms with Gasteiger partial charge in [-0.15, -0.1) is 0 Å². The van der Waals surface area contributed by atoms with Crippen LogP contribution in [0.1, 0.15) is 17.9 Å². The summed E-state index contributed by atoms with van der Waals surface area (Å²) < 4.78 is 10.3. The van der Waals surface area contributed by atoms with Crippen molar-refractivity contribution in [1.29, 1.82) is 0 Å². The number of rotatable bonds is 8. The molecule has 1 amide bonds. The van der Waals surface area contributed by atoms with Gasteiger partial charge < -0.3 is 14.6 Å². The second kappa shape index (κ2) is 9.57. The smallest absolute Gasteiger partial charge is 0.227 e. The van der Waals surface area contributed by atoms with Crippen molar-refractivity contribution in [2.45, 2.75) is 19.3 Å². The fraction of sp³-hybridized carbons (Fsp3) is 0.250. The van der Waals surface area contributed by atoms with E-state index in [2.05, 4.69) is 15.5 Å². The zero-order chi connectivity index (χ0) is 19.9. The van der Waals surface area contributed by atoms with E-state index in [9.17, 15) is 4.79 Å². The largest absolute Gasteiger partial charge is 0.497 e. The lowest BCUT2D eigenvalue weighted by Crippen LogP contribution is -2.26. The van der Waals surface area contributed by atoms with Crippen LogP contribution in [0.2, 0.25) is 10.0 Å². The molecule has 0 radical (unpaired) electrons. The number of ether oxygens (including phenoxy) is 1. The summed E-state index contributed by atoms with van der Waals surface area (Å²) in [6.07, 6.45) is 1.26. The lowest BCUT2D eigenvalue weighted by molar-refractivity contribution is -0.121. The molecule has 0 aliphatic carbocycles. The van der Waals surface area contributed by atoms with E-state index in [4.69, 9.17) is 32.5 Å². The molecule has 28 heavy (non-hydrogen) atoms. The van der Waals surface area contributed by atoms with E-state index in [1.165, 1.54) is 0 Å². The zero-order valence-electron chi connectivity index (χ0n) is 15.2. The van der Waals surface area contributed by atoms with Crippen molar-refractivity contribution in [2.24, 2.45) is 0 Å². The highest BCUT2D eigenvalue weighted by Gasteiger charge is 2.11. The highest BCUT2D eigenvalue weighted by atomic mass is 35.5. The summed E-state index contributed by atoms with van der Waals surface area (Å²) in [7, 11) is 1.61. The van der Waals surface area contributed by atoms with Gasteiger partial charge in [0.1, 0.15) is 5.75 Å². The van der Waals surface area contributed by atoms with E-state index in [0.717, 1.165) is 16.9 Å². The van der Waals surface area contributed by atoms with Crippen LogP contribution >= 0.6 is 23.2 Å². The Morgan fingerprint density at radius 1 is 1.14 bits per heavy atom. The maximum absolute atomic E-state index is 12.0. The molecule has 1 N–H and O–H groups in total. The molecule has 0 aliphatic rings. The summed E-state index contributed by atoms with van der Waals surface area (Å²) in [5, 5.41) is 8.00. The summed E-state index contributed by atoms with van der Waals surface area (Å²) in [4.78, 5) is 16.4. The lowest BCUT2D eigenvalue weighted by atomic mass is 10.1. The first kappa shape index (κ1) is 20.2. The van der Waals surface area contributed by atoms with Crippen LogP contribution in [0.3, 0.4) is 0 Å². The molecule has 0 aliphatic heterocycles. The summed E-state index contributed by atoms with van der Waals surface area (Å²) >= 11 is 12.0. The topological polar surface area (TPSA) is 77.2 Å². The average molecular weight is 420 g/mol. The third-order valence-electron chi connectivity index (χ3n) is 4.11. The minimum Gasteiger partial charge on any atom is -0.497 e. The first-order valence-electron chi connectivity index (χ1n) is 8.73. The number of amides is 1. The third kappa shape index (κ3) is 5.47. The fourth-order valence-electron chi connectivity index (χ4n) is 2.58. The second-order valence-corrected chi connectivity index (χ2v) is 6.92. The van der Waals surface area contributed by atoms with Crippen LogP contribution in [0.4, 0.5) is 0 Å². The molecule has 0 saturated heterocycles. The van der Waals surface area contributed by atoms with E-state index in [-0.39, 0.29) is 12.3 Å². The standard InChI is InChI=1S/C20H19Cl2N3O3/c1-27-16-6-3-14(4-7-16)20-24-19(28-25-20)9-8-18(26)23-11-10-13-2-5-15(21)12-17(13)22/h2-7,12H,8-11H2,1H3,(H,23,26). The second-order valence-electron chi connectivity index (χ2n) is 6.08. The predicted octanol–water partition coefficient (Wildman–Crippen LogP) is 4.34. The molecular formula is C20H19Cl2N3O3. The molecule has 2 aromatic carbocycles. The van der Waals surface area contributed by atoms with Gasteiger partial charge in [-0.25, -0.2) is 0 Å². The molecule has 0 unspecified atom stereocenters. The highest BCUT2D eigenvalue weighted by molar-refractivity contribution is 6.35. The first-order chi connectivity index (χ1) is 13.5. The van der Waals surface area contributed by atoms with E-state index in [0.29, 0.717) is 41.1 Å². The molecule has 146 valence electrons. The van der Waals surface area contributed by atoms with E-state index >= 15 is 0 Å². The highest BCUT2D eigenvalue weighted by Crippen LogP contribution is 2.21. The van der Waals surface area contributed by atoms with Crippen LogP contribution in [0.25, 0.3) is 11.4 Å². The minimum atomic E-state index is -0.0886. The number of nitrogens with one attached hydrogen (secondary N) is 1. The Hall–Kier alpha value is -2.57. The van der Waals surface area contributed by atoms with Crippen LogP contribution in [0.5, 0.6) is 5.75 Å². The van der Waals surface area contributed by atoms with Crippen LogP contribution in [-0.4, -0.2) is 29.7 Å². The molecular weight excluding hydrogens is 401 g/mol. The molecule has 3 rings (SSSR count). The summed E-state index contributed by atoms with van der Waals surface area (Å²) in [6.45, 7) is 0.487. The number of halogens is 2. The Bertz CT molecular complexity index is 942. The number of aromatic nitrogens is 2. The van der Waals surface area contributed by atoms with Gasteiger partial charge in [-0.05, 0) is 48.4 Å². The SMILES string of the molecule is COc1ccc(-c2noc(CCC(=O)NCCc3ccc(Cl)cc3Cl)n2)cc1. The lowest BCUT2D eigenvalue weighted by Gasteiger charge is -2.06. The van der Waals surface area contributed by atoms with Gasteiger partial charge >= 0.3 is 0 Å². The Labute approximate surface area is 172 Å². The van der Waals surface area contributed by atoms with Crippen LogP contribution in [0, 0.1) is 0 Å². The van der Waals surface area contributed by atoms with Gasteiger partial charge in [-0.1, -0.05) is 34.4 Å². The number of nitrogens with zero attached hydrogens (tertiary/aromatic N) is 2. The maximum Gasteiger partial charge on any atom is 0.227 e. The van der Waals surface area contributed by atoms with Gasteiger partial charge in [0.05, 0.1) is 7.11 Å². The molecule has 0 bridgehead atoms. The first-order valence-corrected chi connectivity index (χ1v) is 9.48. The normalized spacial score (nSPS) is 10.7. The molecule has 1 aromatic heterocycles. The van der Waals surface area contributed by atoms with Crippen LogP contribution < -0.4 is 10.1 Å². The summed E-state index contributed by atoms with van der Waals surface area (Å²) in [6, 6.07) is 12.7. The molecule has 8 heteroatoms. The van der Waals surface area contributed by atoms with Crippen molar-refractivity contribution in [3.05, 3.63) is 64.0 Å². The summed E-state index contributed by atoms with van der Waals surface area (Å²) in [5.41, 5.74) is 1.76.